The summed E-state index contributed by atoms with van der Waals surface area (Å²) < 4.78 is 0. The number of nitrogens with zero attached hydrogens (tertiary/aromatic N) is 2. The molecule has 1 aliphatic heterocycles. The molecule has 86 valence electrons. The third kappa shape index (κ3) is 2.06. The van der Waals surface area contributed by atoms with Gasteiger partial charge in [0.1, 0.15) is 0 Å². The van der Waals surface area contributed by atoms with E-state index >= 15 is 0 Å². The van der Waals surface area contributed by atoms with Crippen LogP contribution in [-0.4, -0.2) is 36.3 Å². The minimum atomic E-state index is 0.00322. The highest BCUT2D eigenvalue weighted by Crippen LogP contribution is 2.26. The maximum absolute atomic E-state index is 11.3. The number of anilines is 1. The number of nitrogens with one attached hydrogen (secondary N) is 1. The number of ketones is 1. The van der Waals surface area contributed by atoms with Crippen molar-refractivity contribution in [2.75, 3.05) is 24.5 Å². The Morgan fingerprint density at radius 3 is 2.88 bits per heavy atom. The Balaban J connectivity index is 2.23. The monoisotopic (exact) mass is 239 g/mol. The molecule has 1 amide bonds. The van der Waals surface area contributed by atoms with Crippen molar-refractivity contribution in [3.63, 3.8) is 0 Å². The molecule has 1 aromatic rings. The minimum Gasteiger partial charge on any atom is -0.353 e. The summed E-state index contributed by atoms with van der Waals surface area (Å²) in [7, 11) is 0. The van der Waals surface area contributed by atoms with E-state index in [0.29, 0.717) is 18.0 Å². The van der Waals surface area contributed by atoms with Gasteiger partial charge in [0.2, 0.25) is 5.91 Å². The van der Waals surface area contributed by atoms with Crippen molar-refractivity contribution < 1.29 is 9.59 Å². The molecule has 1 aliphatic rings. The summed E-state index contributed by atoms with van der Waals surface area (Å²) in [4.78, 5) is 29.4. The van der Waals surface area contributed by atoms with Crippen LogP contribution in [0.15, 0.2) is 0 Å². The van der Waals surface area contributed by atoms with Crippen LogP contribution in [-0.2, 0) is 4.79 Å². The van der Waals surface area contributed by atoms with Crippen LogP contribution < -0.4 is 10.2 Å². The van der Waals surface area contributed by atoms with Crippen LogP contribution >= 0.6 is 11.3 Å². The van der Waals surface area contributed by atoms with Gasteiger partial charge in [0, 0.05) is 20.0 Å². The topological polar surface area (TPSA) is 62.3 Å². The van der Waals surface area contributed by atoms with Gasteiger partial charge >= 0.3 is 0 Å². The van der Waals surface area contributed by atoms with Crippen molar-refractivity contribution in [2.45, 2.75) is 13.8 Å². The summed E-state index contributed by atoms with van der Waals surface area (Å²) in [5.74, 6) is 0.0335. The third-order valence-electron chi connectivity index (χ3n) is 2.41. The number of carbonyl (C=O) groups excluding carboxylic acids is 2. The second-order valence-electron chi connectivity index (χ2n) is 3.74. The van der Waals surface area contributed by atoms with Crippen LogP contribution in [0.3, 0.4) is 0 Å². The summed E-state index contributed by atoms with van der Waals surface area (Å²) in [6.45, 7) is 5.06. The normalized spacial score (nSPS) is 16.1. The van der Waals surface area contributed by atoms with Gasteiger partial charge in [-0.05, 0) is 6.92 Å². The lowest BCUT2D eigenvalue weighted by molar-refractivity contribution is -0.120. The zero-order chi connectivity index (χ0) is 11.7. The van der Waals surface area contributed by atoms with E-state index in [-0.39, 0.29) is 11.7 Å². The first kappa shape index (κ1) is 11.1. The number of hydrogen-bond donors (Lipinski definition) is 1. The van der Waals surface area contributed by atoms with Crippen molar-refractivity contribution in [1.29, 1.82) is 0 Å². The summed E-state index contributed by atoms with van der Waals surface area (Å²) >= 11 is 1.36. The van der Waals surface area contributed by atoms with E-state index in [9.17, 15) is 9.59 Å². The molecule has 0 bridgehead atoms. The molecule has 0 unspecified atom stereocenters. The summed E-state index contributed by atoms with van der Waals surface area (Å²) in [5, 5.41) is 3.52. The molecule has 6 heteroatoms. The van der Waals surface area contributed by atoms with Gasteiger partial charge in [-0.15, -0.1) is 0 Å². The number of hydrogen-bond acceptors (Lipinski definition) is 5. The molecule has 16 heavy (non-hydrogen) atoms. The lowest BCUT2D eigenvalue weighted by Gasteiger charge is -2.25. The van der Waals surface area contributed by atoms with E-state index in [1.807, 2.05) is 11.8 Å². The largest absolute Gasteiger partial charge is 0.353 e. The molecule has 2 rings (SSSR count). The zero-order valence-electron chi connectivity index (χ0n) is 9.24. The number of carbonyl (C=O) groups is 2. The average molecular weight is 239 g/mol. The highest BCUT2D eigenvalue weighted by molar-refractivity contribution is 7.17. The number of thiazole rings is 1. The molecule has 1 N–H and O–H groups in total. The second kappa shape index (κ2) is 4.21. The maximum Gasteiger partial charge on any atom is 0.239 e. The number of Topliss-reactive ketones (excluding diaryl/α,β-unsaturated/α-hetero) is 1. The van der Waals surface area contributed by atoms with Crippen LogP contribution in [0.5, 0.6) is 0 Å². The van der Waals surface area contributed by atoms with E-state index in [2.05, 4.69) is 10.3 Å². The molecule has 0 radical (unpaired) electrons. The van der Waals surface area contributed by atoms with Crippen molar-refractivity contribution in [3.05, 3.63) is 10.6 Å². The van der Waals surface area contributed by atoms with E-state index < -0.39 is 0 Å². The number of aromatic nitrogens is 1. The highest BCUT2D eigenvalue weighted by atomic mass is 32.1. The SMILES string of the molecule is CC(=O)c1sc(N2CCNC(=O)C2)nc1C. The van der Waals surface area contributed by atoms with Crippen LogP contribution in [0, 0.1) is 6.92 Å². The fourth-order valence-electron chi connectivity index (χ4n) is 1.65. The summed E-state index contributed by atoms with van der Waals surface area (Å²) in [6.07, 6.45) is 0. The summed E-state index contributed by atoms with van der Waals surface area (Å²) in [6, 6.07) is 0. The zero-order valence-corrected chi connectivity index (χ0v) is 10.1. The van der Waals surface area contributed by atoms with Crippen LogP contribution in [0.2, 0.25) is 0 Å². The van der Waals surface area contributed by atoms with Crippen molar-refractivity contribution in [1.82, 2.24) is 10.3 Å². The van der Waals surface area contributed by atoms with E-state index in [0.717, 1.165) is 17.4 Å². The molecule has 1 fully saturated rings. The maximum atomic E-state index is 11.3. The Morgan fingerprint density at radius 2 is 2.31 bits per heavy atom. The third-order valence-corrected chi connectivity index (χ3v) is 3.73. The van der Waals surface area contributed by atoms with Crippen LogP contribution in [0.25, 0.3) is 0 Å². The van der Waals surface area contributed by atoms with Crippen LogP contribution in [0.4, 0.5) is 5.13 Å². The Morgan fingerprint density at radius 1 is 1.56 bits per heavy atom. The lowest BCUT2D eigenvalue weighted by Crippen LogP contribution is -2.47. The van der Waals surface area contributed by atoms with Gasteiger partial charge in [0.05, 0.1) is 17.1 Å². The number of piperazine rings is 1. The second-order valence-corrected chi connectivity index (χ2v) is 4.72. The van der Waals surface area contributed by atoms with Gasteiger partial charge in [-0.2, -0.15) is 0 Å². The van der Waals surface area contributed by atoms with Crippen molar-refractivity contribution in [3.8, 4) is 0 Å². The first-order valence-corrected chi connectivity index (χ1v) is 5.89. The molecule has 0 spiro atoms. The number of rotatable bonds is 2. The Hall–Kier alpha value is -1.43. The molecule has 2 heterocycles. The van der Waals surface area contributed by atoms with Gasteiger partial charge in [-0.25, -0.2) is 4.98 Å². The Bertz CT molecular complexity index is 441. The molecular weight excluding hydrogens is 226 g/mol. The van der Waals surface area contributed by atoms with Gasteiger partial charge in [0.25, 0.3) is 0 Å². The summed E-state index contributed by atoms with van der Waals surface area (Å²) in [5.41, 5.74) is 0.749. The fourth-order valence-corrected chi connectivity index (χ4v) is 2.63. The van der Waals surface area contributed by atoms with Gasteiger partial charge in [0.15, 0.2) is 10.9 Å². The fraction of sp³-hybridized carbons (Fsp3) is 0.500. The number of amides is 1. The molecule has 0 aromatic carbocycles. The molecule has 1 saturated heterocycles. The molecular formula is C10H13N3O2S. The first-order chi connectivity index (χ1) is 7.58. The van der Waals surface area contributed by atoms with Crippen LogP contribution in [0.1, 0.15) is 22.3 Å². The van der Waals surface area contributed by atoms with E-state index in [4.69, 9.17) is 0 Å². The molecule has 0 aliphatic carbocycles. The average Bonchev–Trinajstić information content (AvgIpc) is 2.60. The quantitative estimate of drug-likeness (QED) is 0.767. The van der Waals surface area contributed by atoms with Gasteiger partial charge in [-0.3, -0.25) is 9.59 Å². The standard InChI is InChI=1S/C10H13N3O2S/c1-6-9(7(2)14)16-10(12-6)13-4-3-11-8(15)5-13/h3-5H2,1-2H3,(H,11,15). The molecule has 5 nitrogen and oxygen atoms in total. The van der Waals surface area contributed by atoms with Gasteiger partial charge in [-0.1, -0.05) is 11.3 Å². The highest BCUT2D eigenvalue weighted by Gasteiger charge is 2.21. The van der Waals surface area contributed by atoms with E-state index in [1.54, 1.807) is 0 Å². The molecule has 0 atom stereocenters. The van der Waals surface area contributed by atoms with Gasteiger partial charge < -0.3 is 10.2 Å². The smallest absolute Gasteiger partial charge is 0.239 e. The number of aryl methyl sites for hydroxylation is 1. The minimum absolute atomic E-state index is 0.00322. The lowest BCUT2D eigenvalue weighted by atomic mass is 10.3. The predicted octanol–water partition coefficient (Wildman–Crippen LogP) is 0.590. The van der Waals surface area contributed by atoms with Crippen molar-refractivity contribution in [2.24, 2.45) is 0 Å². The van der Waals surface area contributed by atoms with Crippen molar-refractivity contribution >= 4 is 28.2 Å². The molecule has 0 saturated carbocycles. The van der Waals surface area contributed by atoms with E-state index in [1.165, 1.54) is 18.3 Å². The Labute approximate surface area is 97.5 Å². The Kier molecular flexibility index (Phi) is 2.91. The first-order valence-electron chi connectivity index (χ1n) is 5.08. The molecule has 1 aromatic heterocycles. The predicted molar refractivity (Wildman–Crippen MR) is 62.1 cm³/mol.